The van der Waals surface area contributed by atoms with Crippen LogP contribution in [-0.2, 0) is 13.0 Å². The Hall–Kier alpha value is -3.34. The fourth-order valence-electron chi connectivity index (χ4n) is 3.09. The van der Waals surface area contributed by atoms with Gasteiger partial charge in [-0.3, -0.25) is 9.78 Å². The molecule has 27 heavy (non-hydrogen) atoms. The van der Waals surface area contributed by atoms with Crippen molar-refractivity contribution in [3.8, 4) is 11.5 Å². The molecule has 0 aliphatic carbocycles. The van der Waals surface area contributed by atoms with Gasteiger partial charge in [0.2, 0.25) is 6.79 Å². The Kier molecular flexibility index (Phi) is 5.01. The lowest BCUT2D eigenvalue weighted by atomic mass is 10.1. The summed E-state index contributed by atoms with van der Waals surface area (Å²) in [4.78, 5) is 19.0. The van der Waals surface area contributed by atoms with Gasteiger partial charge in [-0.2, -0.15) is 0 Å². The van der Waals surface area contributed by atoms with Crippen LogP contribution in [0, 0.1) is 0 Å². The summed E-state index contributed by atoms with van der Waals surface area (Å²) in [6.07, 6.45) is 4.07. The second-order valence-electron chi connectivity index (χ2n) is 6.39. The van der Waals surface area contributed by atoms with Crippen molar-refractivity contribution in [2.24, 2.45) is 0 Å². The van der Waals surface area contributed by atoms with Gasteiger partial charge in [-0.05, 0) is 41.8 Å². The molecule has 1 aliphatic heterocycles. The molecule has 2 heterocycles. The second-order valence-corrected chi connectivity index (χ2v) is 6.39. The third kappa shape index (κ3) is 4.08. The number of nitrogens with zero attached hydrogens (tertiary/aromatic N) is 2. The average molecular weight is 360 g/mol. The van der Waals surface area contributed by atoms with E-state index in [9.17, 15) is 4.79 Å². The van der Waals surface area contributed by atoms with Crippen molar-refractivity contribution < 1.29 is 14.3 Å². The van der Waals surface area contributed by atoms with Crippen LogP contribution in [0.4, 0.5) is 0 Å². The van der Waals surface area contributed by atoms with Gasteiger partial charge in [0.15, 0.2) is 11.5 Å². The molecule has 0 bridgehead atoms. The van der Waals surface area contributed by atoms with Crippen molar-refractivity contribution in [2.45, 2.75) is 13.0 Å². The summed E-state index contributed by atoms with van der Waals surface area (Å²) in [5.74, 6) is 1.44. The van der Waals surface area contributed by atoms with Crippen LogP contribution >= 0.6 is 0 Å². The van der Waals surface area contributed by atoms with Crippen LogP contribution in [0.3, 0.4) is 0 Å². The fourth-order valence-corrected chi connectivity index (χ4v) is 3.09. The normalized spacial score (nSPS) is 12.0. The summed E-state index contributed by atoms with van der Waals surface area (Å²) < 4.78 is 10.8. The van der Waals surface area contributed by atoms with Crippen molar-refractivity contribution in [2.75, 3.05) is 13.3 Å². The molecule has 3 aromatic rings. The lowest BCUT2D eigenvalue weighted by Gasteiger charge is -2.23. The molecule has 4 rings (SSSR count). The zero-order valence-electron chi connectivity index (χ0n) is 14.9. The number of hydrogen-bond donors (Lipinski definition) is 0. The topological polar surface area (TPSA) is 51.7 Å². The number of benzene rings is 2. The number of aromatic nitrogens is 1. The van der Waals surface area contributed by atoms with Crippen LogP contribution in [0.5, 0.6) is 11.5 Å². The van der Waals surface area contributed by atoms with Gasteiger partial charge < -0.3 is 14.4 Å². The van der Waals surface area contributed by atoms with Gasteiger partial charge in [0.1, 0.15) is 0 Å². The number of fused-ring (bicyclic) bond motifs is 1. The van der Waals surface area contributed by atoms with E-state index in [1.54, 1.807) is 24.5 Å². The Bertz CT molecular complexity index is 913. The highest BCUT2D eigenvalue weighted by molar-refractivity contribution is 5.93. The Balaban J connectivity index is 1.54. The summed E-state index contributed by atoms with van der Waals surface area (Å²) >= 11 is 0. The molecule has 5 nitrogen and oxygen atoms in total. The Morgan fingerprint density at radius 2 is 1.81 bits per heavy atom. The van der Waals surface area contributed by atoms with Crippen LogP contribution < -0.4 is 9.47 Å². The molecule has 0 fully saturated rings. The van der Waals surface area contributed by atoms with E-state index in [0.29, 0.717) is 18.7 Å². The minimum atomic E-state index is -0.0308. The largest absolute Gasteiger partial charge is 0.454 e. The fraction of sp³-hybridized carbons (Fsp3) is 0.182. The third-order valence-corrected chi connectivity index (χ3v) is 4.52. The lowest BCUT2D eigenvalue weighted by Crippen LogP contribution is -2.32. The predicted octanol–water partition coefficient (Wildman–Crippen LogP) is 3.70. The molecule has 0 unspecified atom stereocenters. The molecule has 0 saturated carbocycles. The molecular weight excluding hydrogens is 340 g/mol. The van der Waals surface area contributed by atoms with Crippen molar-refractivity contribution in [3.63, 3.8) is 0 Å². The van der Waals surface area contributed by atoms with E-state index in [4.69, 9.17) is 9.47 Å². The molecule has 5 heteroatoms. The van der Waals surface area contributed by atoms with E-state index in [-0.39, 0.29) is 12.7 Å². The van der Waals surface area contributed by atoms with Gasteiger partial charge >= 0.3 is 0 Å². The number of hydrogen-bond acceptors (Lipinski definition) is 4. The first-order chi connectivity index (χ1) is 13.3. The maximum Gasteiger partial charge on any atom is 0.255 e. The van der Waals surface area contributed by atoms with Crippen molar-refractivity contribution in [3.05, 3.63) is 89.7 Å². The minimum Gasteiger partial charge on any atom is -0.454 e. The highest BCUT2D eigenvalue weighted by atomic mass is 16.7. The van der Waals surface area contributed by atoms with Gasteiger partial charge in [-0.25, -0.2) is 0 Å². The minimum absolute atomic E-state index is 0.0308. The Morgan fingerprint density at radius 1 is 0.963 bits per heavy atom. The SMILES string of the molecule is O=C(c1cccnc1)N(CCc1ccccc1)Cc1ccc2c(c1)OCO2. The van der Waals surface area contributed by atoms with Gasteiger partial charge in [0, 0.05) is 25.5 Å². The lowest BCUT2D eigenvalue weighted by molar-refractivity contribution is 0.0744. The summed E-state index contributed by atoms with van der Waals surface area (Å²) in [6.45, 7) is 1.36. The number of ether oxygens (including phenoxy) is 2. The van der Waals surface area contributed by atoms with Gasteiger partial charge in [0.05, 0.1) is 5.56 Å². The zero-order chi connectivity index (χ0) is 18.5. The molecule has 0 radical (unpaired) electrons. The molecular formula is C22H20N2O3. The maximum atomic E-state index is 13.0. The first-order valence-electron chi connectivity index (χ1n) is 8.91. The number of amides is 1. The van der Waals surface area contributed by atoms with Crippen LogP contribution in [0.15, 0.2) is 73.1 Å². The van der Waals surface area contributed by atoms with Crippen LogP contribution in [0.25, 0.3) is 0 Å². The molecule has 0 saturated heterocycles. The van der Waals surface area contributed by atoms with Gasteiger partial charge in [-0.15, -0.1) is 0 Å². The third-order valence-electron chi connectivity index (χ3n) is 4.52. The first-order valence-corrected chi connectivity index (χ1v) is 8.91. The quantitative estimate of drug-likeness (QED) is 0.673. The molecule has 0 atom stereocenters. The van der Waals surface area contributed by atoms with Crippen LogP contribution in [0.2, 0.25) is 0 Å². The highest BCUT2D eigenvalue weighted by Gasteiger charge is 2.19. The Morgan fingerprint density at radius 3 is 2.63 bits per heavy atom. The average Bonchev–Trinajstić information content (AvgIpc) is 3.20. The standard InChI is InChI=1S/C22H20N2O3/c25-22(19-7-4-11-23-14-19)24(12-10-17-5-2-1-3-6-17)15-18-8-9-20-21(13-18)27-16-26-20/h1-9,11,13-14H,10,12,15-16H2. The molecule has 136 valence electrons. The number of carbonyl (C=O) groups excluding carboxylic acids is 1. The monoisotopic (exact) mass is 360 g/mol. The number of pyridine rings is 1. The van der Waals surface area contributed by atoms with E-state index in [1.165, 1.54) is 5.56 Å². The molecule has 2 aromatic carbocycles. The van der Waals surface area contributed by atoms with E-state index >= 15 is 0 Å². The Labute approximate surface area is 158 Å². The summed E-state index contributed by atoms with van der Waals surface area (Å²) in [7, 11) is 0. The van der Waals surface area contributed by atoms with E-state index in [0.717, 1.165) is 23.5 Å². The molecule has 0 spiro atoms. The van der Waals surface area contributed by atoms with Crippen molar-refractivity contribution in [1.29, 1.82) is 0 Å². The second kappa shape index (κ2) is 7.91. The number of carbonyl (C=O) groups is 1. The van der Waals surface area contributed by atoms with Crippen molar-refractivity contribution in [1.82, 2.24) is 9.88 Å². The highest BCUT2D eigenvalue weighted by Crippen LogP contribution is 2.32. The molecule has 1 amide bonds. The van der Waals surface area contributed by atoms with E-state index < -0.39 is 0 Å². The summed E-state index contributed by atoms with van der Waals surface area (Å²) in [5.41, 5.74) is 2.79. The summed E-state index contributed by atoms with van der Waals surface area (Å²) in [5, 5.41) is 0. The zero-order valence-corrected chi connectivity index (χ0v) is 14.9. The maximum absolute atomic E-state index is 13.0. The molecule has 1 aromatic heterocycles. The van der Waals surface area contributed by atoms with Gasteiger partial charge in [0.25, 0.3) is 5.91 Å². The first kappa shape index (κ1) is 17.1. The smallest absolute Gasteiger partial charge is 0.255 e. The van der Waals surface area contributed by atoms with Gasteiger partial charge in [-0.1, -0.05) is 36.4 Å². The molecule has 1 aliphatic rings. The van der Waals surface area contributed by atoms with Crippen LogP contribution in [-0.4, -0.2) is 29.1 Å². The van der Waals surface area contributed by atoms with E-state index in [2.05, 4.69) is 17.1 Å². The van der Waals surface area contributed by atoms with E-state index in [1.807, 2.05) is 41.3 Å². The number of rotatable bonds is 6. The predicted molar refractivity (Wildman–Crippen MR) is 102 cm³/mol. The van der Waals surface area contributed by atoms with Crippen LogP contribution in [0.1, 0.15) is 21.5 Å². The molecule has 0 N–H and O–H groups in total. The summed E-state index contributed by atoms with van der Waals surface area (Å²) in [6, 6.07) is 19.6. The van der Waals surface area contributed by atoms with Crippen molar-refractivity contribution >= 4 is 5.91 Å².